The standard InChI is InChI=1S/C15H19BrClN3O/c1-4-7-20-15(13(21-3)9-19-20)14(18-2)11-8-10(16)5-6-12(11)17/h5-6,8-9,14,18H,4,7H2,1-3H3. The number of hydrogen-bond donors (Lipinski definition) is 1. The summed E-state index contributed by atoms with van der Waals surface area (Å²) >= 11 is 9.88. The molecule has 1 unspecified atom stereocenters. The summed E-state index contributed by atoms with van der Waals surface area (Å²) in [7, 11) is 3.57. The molecule has 2 aromatic rings. The first-order chi connectivity index (χ1) is 10.1. The number of hydrogen-bond acceptors (Lipinski definition) is 3. The fraction of sp³-hybridized carbons (Fsp3) is 0.400. The highest BCUT2D eigenvalue weighted by atomic mass is 79.9. The van der Waals surface area contributed by atoms with Crippen LogP contribution in [0.25, 0.3) is 0 Å². The molecule has 1 heterocycles. The van der Waals surface area contributed by atoms with E-state index in [1.165, 1.54) is 0 Å². The van der Waals surface area contributed by atoms with Crippen molar-refractivity contribution in [2.45, 2.75) is 25.9 Å². The van der Waals surface area contributed by atoms with Crippen molar-refractivity contribution in [1.29, 1.82) is 0 Å². The lowest BCUT2D eigenvalue weighted by atomic mass is 10.0. The monoisotopic (exact) mass is 371 g/mol. The Kier molecular flexibility index (Phi) is 5.67. The van der Waals surface area contributed by atoms with Gasteiger partial charge in [-0.1, -0.05) is 34.5 Å². The second-order valence-corrected chi connectivity index (χ2v) is 6.03. The number of aryl methyl sites for hydroxylation is 1. The number of nitrogens with zero attached hydrogens (tertiary/aromatic N) is 2. The summed E-state index contributed by atoms with van der Waals surface area (Å²) < 4.78 is 8.43. The number of aromatic nitrogens is 2. The van der Waals surface area contributed by atoms with Crippen LogP contribution < -0.4 is 10.1 Å². The molecule has 0 aliphatic rings. The van der Waals surface area contributed by atoms with Crippen LogP contribution in [0.4, 0.5) is 0 Å². The highest BCUT2D eigenvalue weighted by molar-refractivity contribution is 9.10. The van der Waals surface area contributed by atoms with Crippen LogP contribution in [0.5, 0.6) is 5.75 Å². The number of ether oxygens (including phenoxy) is 1. The molecule has 1 aromatic carbocycles. The maximum Gasteiger partial charge on any atom is 0.161 e. The van der Waals surface area contributed by atoms with Gasteiger partial charge in [-0.3, -0.25) is 4.68 Å². The van der Waals surface area contributed by atoms with Gasteiger partial charge in [0.1, 0.15) is 5.69 Å². The van der Waals surface area contributed by atoms with Crippen molar-refractivity contribution in [3.63, 3.8) is 0 Å². The van der Waals surface area contributed by atoms with Crippen molar-refractivity contribution >= 4 is 27.5 Å². The predicted molar refractivity (Wildman–Crippen MR) is 89.1 cm³/mol. The highest BCUT2D eigenvalue weighted by Crippen LogP contribution is 2.34. The molecule has 114 valence electrons. The van der Waals surface area contributed by atoms with Crippen LogP contribution in [0, 0.1) is 0 Å². The molecule has 0 saturated carbocycles. The van der Waals surface area contributed by atoms with E-state index in [0.717, 1.165) is 34.4 Å². The van der Waals surface area contributed by atoms with E-state index in [0.29, 0.717) is 5.02 Å². The summed E-state index contributed by atoms with van der Waals surface area (Å²) in [6.45, 7) is 2.96. The molecule has 6 heteroatoms. The first kappa shape index (κ1) is 16.3. The average Bonchev–Trinajstić information content (AvgIpc) is 2.87. The maximum atomic E-state index is 6.38. The first-order valence-electron chi connectivity index (χ1n) is 6.84. The summed E-state index contributed by atoms with van der Waals surface area (Å²) in [5, 5.41) is 8.45. The zero-order valence-corrected chi connectivity index (χ0v) is 14.7. The lowest BCUT2D eigenvalue weighted by Gasteiger charge is -2.21. The largest absolute Gasteiger partial charge is 0.493 e. The van der Waals surface area contributed by atoms with Crippen molar-refractivity contribution in [2.24, 2.45) is 0 Å². The number of halogens is 2. The van der Waals surface area contributed by atoms with Crippen LogP contribution in [0.2, 0.25) is 5.02 Å². The molecule has 1 aromatic heterocycles. The molecule has 0 spiro atoms. The summed E-state index contributed by atoms with van der Waals surface area (Å²) in [5.41, 5.74) is 1.98. The van der Waals surface area contributed by atoms with E-state index < -0.39 is 0 Å². The van der Waals surface area contributed by atoms with Gasteiger partial charge in [-0.15, -0.1) is 0 Å². The third-order valence-corrected chi connectivity index (χ3v) is 4.17. The van der Waals surface area contributed by atoms with Crippen LogP contribution in [0.1, 0.15) is 30.6 Å². The quantitative estimate of drug-likeness (QED) is 0.832. The number of nitrogens with one attached hydrogen (secondary N) is 1. The van der Waals surface area contributed by atoms with Crippen LogP contribution in [0.3, 0.4) is 0 Å². The minimum Gasteiger partial charge on any atom is -0.493 e. The second kappa shape index (κ2) is 7.29. The van der Waals surface area contributed by atoms with Crippen molar-refractivity contribution < 1.29 is 4.74 Å². The Morgan fingerprint density at radius 2 is 2.24 bits per heavy atom. The van der Waals surface area contributed by atoms with Crippen LogP contribution in [-0.4, -0.2) is 23.9 Å². The second-order valence-electron chi connectivity index (χ2n) is 4.71. The molecule has 4 nitrogen and oxygen atoms in total. The van der Waals surface area contributed by atoms with Crippen LogP contribution >= 0.6 is 27.5 Å². The molecule has 0 amide bonds. The average molecular weight is 373 g/mol. The minimum atomic E-state index is -0.0843. The zero-order valence-electron chi connectivity index (χ0n) is 12.4. The molecule has 2 rings (SSSR count). The Labute approximate surface area is 138 Å². The lowest BCUT2D eigenvalue weighted by Crippen LogP contribution is -2.22. The molecule has 0 bridgehead atoms. The minimum absolute atomic E-state index is 0.0843. The smallest absolute Gasteiger partial charge is 0.161 e. The van der Waals surface area contributed by atoms with Gasteiger partial charge in [-0.2, -0.15) is 5.10 Å². The summed E-state index contributed by atoms with van der Waals surface area (Å²) in [6, 6.07) is 5.75. The van der Waals surface area contributed by atoms with Gasteiger partial charge in [0.25, 0.3) is 0 Å². The Balaban J connectivity index is 2.55. The van der Waals surface area contributed by atoms with Crippen molar-refractivity contribution in [3.05, 3.63) is 45.1 Å². The molecular weight excluding hydrogens is 354 g/mol. The van der Waals surface area contributed by atoms with Gasteiger partial charge in [0.15, 0.2) is 5.75 Å². The molecule has 1 N–H and O–H groups in total. The summed E-state index contributed by atoms with van der Waals surface area (Å²) in [5.74, 6) is 0.763. The van der Waals surface area contributed by atoms with E-state index in [1.807, 2.05) is 29.9 Å². The fourth-order valence-corrected chi connectivity index (χ4v) is 3.00. The maximum absolute atomic E-state index is 6.38. The van der Waals surface area contributed by atoms with E-state index in [4.69, 9.17) is 16.3 Å². The van der Waals surface area contributed by atoms with E-state index >= 15 is 0 Å². The molecule has 0 radical (unpaired) electrons. The van der Waals surface area contributed by atoms with Crippen molar-refractivity contribution in [1.82, 2.24) is 15.1 Å². The number of benzene rings is 1. The van der Waals surface area contributed by atoms with Gasteiger partial charge in [0.05, 0.1) is 19.3 Å². The number of methoxy groups -OCH3 is 1. The van der Waals surface area contributed by atoms with Crippen LogP contribution in [0.15, 0.2) is 28.9 Å². The van der Waals surface area contributed by atoms with Gasteiger partial charge in [-0.05, 0) is 37.2 Å². The Morgan fingerprint density at radius 3 is 2.86 bits per heavy atom. The number of rotatable bonds is 6. The van der Waals surface area contributed by atoms with Gasteiger partial charge in [0, 0.05) is 16.0 Å². The van der Waals surface area contributed by atoms with Gasteiger partial charge in [0.2, 0.25) is 0 Å². The normalized spacial score (nSPS) is 12.4. The Morgan fingerprint density at radius 1 is 1.48 bits per heavy atom. The summed E-state index contributed by atoms with van der Waals surface area (Å²) in [4.78, 5) is 0. The molecular formula is C15H19BrClN3O. The molecule has 0 aliphatic carbocycles. The third kappa shape index (κ3) is 3.42. The summed E-state index contributed by atoms with van der Waals surface area (Å²) in [6.07, 6.45) is 2.75. The van der Waals surface area contributed by atoms with E-state index in [-0.39, 0.29) is 6.04 Å². The van der Waals surface area contributed by atoms with Crippen molar-refractivity contribution in [3.8, 4) is 5.75 Å². The molecule has 0 aliphatic heterocycles. The van der Waals surface area contributed by atoms with Gasteiger partial charge < -0.3 is 10.1 Å². The van der Waals surface area contributed by atoms with Crippen molar-refractivity contribution in [2.75, 3.05) is 14.2 Å². The molecule has 0 saturated heterocycles. The molecule has 0 fully saturated rings. The first-order valence-corrected chi connectivity index (χ1v) is 8.01. The zero-order chi connectivity index (χ0) is 15.4. The molecule has 1 atom stereocenters. The Hall–Kier alpha value is -1.04. The predicted octanol–water partition coefficient (Wildman–Crippen LogP) is 4.03. The third-order valence-electron chi connectivity index (χ3n) is 3.33. The highest BCUT2D eigenvalue weighted by Gasteiger charge is 2.24. The topological polar surface area (TPSA) is 39.1 Å². The lowest BCUT2D eigenvalue weighted by molar-refractivity contribution is 0.400. The SMILES string of the molecule is CCCn1ncc(OC)c1C(NC)c1cc(Br)ccc1Cl. The Bertz CT molecular complexity index is 615. The van der Waals surface area contributed by atoms with Gasteiger partial charge in [-0.25, -0.2) is 0 Å². The van der Waals surface area contributed by atoms with E-state index in [9.17, 15) is 0 Å². The van der Waals surface area contributed by atoms with Crippen LogP contribution in [-0.2, 0) is 6.54 Å². The van der Waals surface area contributed by atoms with E-state index in [2.05, 4.69) is 33.3 Å². The van der Waals surface area contributed by atoms with E-state index in [1.54, 1.807) is 13.3 Å². The fourth-order valence-electron chi connectivity index (χ4n) is 2.39. The van der Waals surface area contributed by atoms with Gasteiger partial charge >= 0.3 is 0 Å². The molecule has 21 heavy (non-hydrogen) atoms.